The fraction of sp³-hybridized carbons (Fsp3) is 0.529. The summed E-state index contributed by atoms with van der Waals surface area (Å²) in [5.41, 5.74) is 2.68. The summed E-state index contributed by atoms with van der Waals surface area (Å²) in [6, 6.07) is 9.31. The van der Waals surface area contributed by atoms with E-state index >= 15 is 0 Å². The van der Waals surface area contributed by atoms with Gasteiger partial charge in [-0.25, -0.2) is 0 Å². The molecule has 0 aliphatic heterocycles. The SMILES string of the molecule is CC(C)(C)c1ccccc1-c1nnc(CCNC2CC2)s1. The average Bonchev–Trinajstić information content (AvgIpc) is 3.14. The van der Waals surface area contributed by atoms with Crippen LogP contribution in [0.4, 0.5) is 0 Å². The molecule has 1 saturated carbocycles. The number of hydrogen-bond donors (Lipinski definition) is 1. The Morgan fingerprint density at radius 1 is 1.19 bits per heavy atom. The lowest BCUT2D eigenvalue weighted by Crippen LogP contribution is -2.19. The van der Waals surface area contributed by atoms with Gasteiger partial charge in [0.2, 0.25) is 0 Å². The molecule has 21 heavy (non-hydrogen) atoms. The zero-order valence-electron chi connectivity index (χ0n) is 13.0. The van der Waals surface area contributed by atoms with E-state index in [1.54, 1.807) is 11.3 Å². The molecule has 2 aromatic rings. The molecule has 0 unspecified atom stereocenters. The monoisotopic (exact) mass is 301 g/mol. The van der Waals surface area contributed by atoms with E-state index in [1.807, 2.05) is 0 Å². The minimum atomic E-state index is 0.121. The summed E-state index contributed by atoms with van der Waals surface area (Å²) in [5, 5.41) is 14.5. The zero-order chi connectivity index (χ0) is 14.9. The minimum absolute atomic E-state index is 0.121. The van der Waals surface area contributed by atoms with Gasteiger partial charge in [0.15, 0.2) is 0 Å². The Kier molecular flexibility index (Phi) is 4.09. The molecule has 1 aliphatic rings. The molecule has 112 valence electrons. The summed E-state index contributed by atoms with van der Waals surface area (Å²) >= 11 is 1.73. The van der Waals surface area contributed by atoms with E-state index in [2.05, 4.69) is 60.6 Å². The molecule has 4 heteroatoms. The Morgan fingerprint density at radius 2 is 1.95 bits per heavy atom. The van der Waals surface area contributed by atoms with Crippen molar-refractivity contribution in [2.24, 2.45) is 0 Å². The lowest BCUT2D eigenvalue weighted by molar-refractivity contribution is 0.592. The van der Waals surface area contributed by atoms with Gasteiger partial charge in [-0.2, -0.15) is 0 Å². The first kappa shape index (κ1) is 14.7. The number of hydrogen-bond acceptors (Lipinski definition) is 4. The van der Waals surface area contributed by atoms with Gasteiger partial charge >= 0.3 is 0 Å². The van der Waals surface area contributed by atoms with E-state index in [9.17, 15) is 0 Å². The van der Waals surface area contributed by atoms with Crippen LogP contribution in [-0.2, 0) is 11.8 Å². The maximum Gasteiger partial charge on any atom is 0.148 e. The predicted molar refractivity (Wildman–Crippen MR) is 88.8 cm³/mol. The van der Waals surface area contributed by atoms with Crippen LogP contribution in [0.5, 0.6) is 0 Å². The van der Waals surface area contributed by atoms with E-state index in [0.717, 1.165) is 29.0 Å². The third kappa shape index (κ3) is 3.69. The van der Waals surface area contributed by atoms with Gasteiger partial charge in [0, 0.05) is 24.6 Å². The molecule has 1 fully saturated rings. The van der Waals surface area contributed by atoms with Gasteiger partial charge < -0.3 is 5.32 Å². The van der Waals surface area contributed by atoms with Crippen LogP contribution in [0.2, 0.25) is 0 Å². The van der Waals surface area contributed by atoms with Crippen LogP contribution in [0, 0.1) is 0 Å². The first-order valence-electron chi connectivity index (χ1n) is 7.70. The topological polar surface area (TPSA) is 37.8 Å². The lowest BCUT2D eigenvalue weighted by Gasteiger charge is -2.21. The Hall–Kier alpha value is -1.26. The number of aromatic nitrogens is 2. The van der Waals surface area contributed by atoms with Gasteiger partial charge in [0.1, 0.15) is 10.0 Å². The Balaban J connectivity index is 1.76. The van der Waals surface area contributed by atoms with E-state index in [0.29, 0.717) is 0 Å². The van der Waals surface area contributed by atoms with Gasteiger partial charge in [-0.1, -0.05) is 56.4 Å². The number of rotatable bonds is 5. The molecule has 0 atom stereocenters. The van der Waals surface area contributed by atoms with Crippen molar-refractivity contribution in [3.63, 3.8) is 0 Å². The van der Waals surface area contributed by atoms with Crippen LogP contribution in [0.25, 0.3) is 10.6 Å². The van der Waals surface area contributed by atoms with Gasteiger partial charge in [0.25, 0.3) is 0 Å². The van der Waals surface area contributed by atoms with Crippen molar-refractivity contribution in [1.29, 1.82) is 0 Å². The van der Waals surface area contributed by atoms with E-state index < -0.39 is 0 Å². The van der Waals surface area contributed by atoms with E-state index in [-0.39, 0.29) is 5.41 Å². The second-order valence-corrected chi connectivity index (χ2v) is 7.84. The van der Waals surface area contributed by atoms with Crippen LogP contribution in [-0.4, -0.2) is 22.8 Å². The first-order chi connectivity index (χ1) is 10.0. The maximum absolute atomic E-state index is 4.41. The third-order valence-electron chi connectivity index (χ3n) is 3.78. The molecule has 0 bridgehead atoms. The highest BCUT2D eigenvalue weighted by Crippen LogP contribution is 2.34. The standard InChI is InChI=1S/C17H23N3S/c1-17(2,3)14-7-5-4-6-13(14)16-20-19-15(21-16)10-11-18-12-8-9-12/h4-7,12,18H,8-11H2,1-3H3. The first-order valence-corrected chi connectivity index (χ1v) is 8.51. The molecule has 0 radical (unpaired) electrons. The smallest absolute Gasteiger partial charge is 0.148 e. The van der Waals surface area contributed by atoms with E-state index in [1.165, 1.54) is 24.0 Å². The predicted octanol–water partition coefficient (Wildman–Crippen LogP) is 3.80. The van der Waals surface area contributed by atoms with Crippen molar-refractivity contribution in [2.45, 2.75) is 51.5 Å². The highest BCUT2D eigenvalue weighted by Gasteiger charge is 2.21. The highest BCUT2D eigenvalue weighted by atomic mass is 32.1. The summed E-state index contributed by atoms with van der Waals surface area (Å²) in [5.74, 6) is 0. The van der Waals surface area contributed by atoms with Gasteiger partial charge in [0.05, 0.1) is 0 Å². The molecule has 1 heterocycles. The average molecular weight is 301 g/mol. The zero-order valence-corrected chi connectivity index (χ0v) is 13.8. The molecule has 0 amide bonds. The van der Waals surface area contributed by atoms with Gasteiger partial charge in [-0.3, -0.25) is 0 Å². The van der Waals surface area contributed by atoms with Gasteiger partial charge in [-0.05, 0) is 23.8 Å². The largest absolute Gasteiger partial charge is 0.314 e. The van der Waals surface area contributed by atoms with Crippen molar-refractivity contribution in [3.8, 4) is 10.6 Å². The molecule has 1 aliphatic carbocycles. The van der Waals surface area contributed by atoms with Crippen molar-refractivity contribution in [3.05, 3.63) is 34.8 Å². The van der Waals surface area contributed by atoms with E-state index in [4.69, 9.17) is 0 Å². The lowest BCUT2D eigenvalue weighted by atomic mass is 9.84. The summed E-state index contributed by atoms with van der Waals surface area (Å²) in [4.78, 5) is 0. The van der Waals surface area contributed by atoms with Crippen LogP contribution in [0.15, 0.2) is 24.3 Å². The second kappa shape index (κ2) is 5.85. The fourth-order valence-corrected chi connectivity index (χ4v) is 3.34. The van der Waals surface area contributed by atoms with Gasteiger partial charge in [-0.15, -0.1) is 10.2 Å². The third-order valence-corrected chi connectivity index (χ3v) is 4.80. The molecule has 3 nitrogen and oxygen atoms in total. The molecule has 3 rings (SSSR count). The maximum atomic E-state index is 4.41. The molecule has 1 aromatic carbocycles. The number of benzene rings is 1. The highest BCUT2D eigenvalue weighted by molar-refractivity contribution is 7.14. The fourth-order valence-electron chi connectivity index (χ4n) is 2.46. The second-order valence-electron chi connectivity index (χ2n) is 6.77. The van der Waals surface area contributed by atoms with Crippen LogP contribution in [0.3, 0.4) is 0 Å². The summed E-state index contributed by atoms with van der Waals surface area (Å²) < 4.78 is 0. The molecule has 1 N–H and O–H groups in total. The van der Waals surface area contributed by atoms with Crippen molar-refractivity contribution in [1.82, 2.24) is 15.5 Å². The van der Waals surface area contributed by atoms with Crippen molar-refractivity contribution in [2.75, 3.05) is 6.54 Å². The Morgan fingerprint density at radius 3 is 2.67 bits per heavy atom. The Bertz CT molecular complexity index is 608. The quantitative estimate of drug-likeness (QED) is 0.913. The minimum Gasteiger partial charge on any atom is -0.314 e. The van der Waals surface area contributed by atoms with Crippen LogP contribution < -0.4 is 5.32 Å². The normalized spacial score (nSPS) is 15.4. The van der Waals surface area contributed by atoms with Crippen molar-refractivity contribution < 1.29 is 0 Å². The molecular formula is C17H23N3S. The molecule has 0 spiro atoms. The summed E-state index contributed by atoms with van der Waals surface area (Å²) in [7, 11) is 0. The molecule has 1 aromatic heterocycles. The summed E-state index contributed by atoms with van der Waals surface area (Å²) in [6.07, 6.45) is 3.65. The Labute approximate surface area is 130 Å². The number of nitrogens with one attached hydrogen (secondary N) is 1. The molecule has 0 saturated heterocycles. The summed E-state index contributed by atoms with van der Waals surface area (Å²) in [6.45, 7) is 7.74. The van der Waals surface area contributed by atoms with Crippen LogP contribution in [0.1, 0.15) is 44.2 Å². The molecular weight excluding hydrogens is 278 g/mol. The number of nitrogens with zero attached hydrogens (tertiary/aromatic N) is 2. The van der Waals surface area contributed by atoms with Crippen LogP contribution >= 0.6 is 11.3 Å². The van der Waals surface area contributed by atoms with Crippen molar-refractivity contribution >= 4 is 11.3 Å².